The maximum atomic E-state index is 3.46. The van der Waals surface area contributed by atoms with Gasteiger partial charge in [0.2, 0.25) is 0 Å². The van der Waals surface area contributed by atoms with Crippen molar-refractivity contribution in [2.45, 2.75) is 44.9 Å². The summed E-state index contributed by atoms with van der Waals surface area (Å²) in [6.45, 7) is 5.16. The third-order valence-electron chi connectivity index (χ3n) is 4.38. The molecule has 0 aromatic rings. The van der Waals surface area contributed by atoms with E-state index in [2.05, 4.69) is 17.3 Å². The van der Waals surface area contributed by atoms with Gasteiger partial charge >= 0.3 is 0 Å². The monoisotopic (exact) mass is 224 g/mol. The summed E-state index contributed by atoms with van der Waals surface area (Å²) in [4.78, 5) is 2.58. The van der Waals surface area contributed by atoms with E-state index in [1.807, 2.05) is 0 Å². The van der Waals surface area contributed by atoms with Crippen LogP contribution < -0.4 is 5.32 Å². The van der Waals surface area contributed by atoms with Gasteiger partial charge in [-0.2, -0.15) is 0 Å². The molecule has 0 spiro atoms. The van der Waals surface area contributed by atoms with Crippen molar-refractivity contribution in [3.05, 3.63) is 0 Å². The van der Waals surface area contributed by atoms with Gasteiger partial charge < -0.3 is 10.2 Å². The molecule has 2 heteroatoms. The largest absolute Gasteiger partial charge is 0.316 e. The molecular formula is C14H28N2. The molecule has 1 atom stereocenters. The van der Waals surface area contributed by atoms with Crippen LogP contribution in [0.3, 0.4) is 0 Å². The smallest absolute Gasteiger partial charge is 0.000661 e. The molecule has 1 N–H and O–H groups in total. The molecule has 1 heterocycles. The summed E-state index contributed by atoms with van der Waals surface area (Å²) < 4.78 is 0. The minimum absolute atomic E-state index is 0.953. The van der Waals surface area contributed by atoms with Crippen LogP contribution in [0.4, 0.5) is 0 Å². The summed E-state index contributed by atoms with van der Waals surface area (Å²) in [5, 5.41) is 3.46. The Labute approximate surface area is 101 Å². The maximum absolute atomic E-state index is 3.46. The summed E-state index contributed by atoms with van der Waals surface area (Å²) >= 11 is 0. The average molecular weight is 224 g/mol. The summed E-state index contributed by atoms with van der Waals surface area (Å²) in [6, 6.07) is 0. The number of nitrogens with one attached hydrogen (secondary N) is 1. The second kappa shape index (κ2) is 6.61. The SMILES string of the molecule is CN(CCC1CCNC1)CC1CCCCC1. The fourth-order valence-electron chi connectivity index (χ4n) is 3.27. The van der Waals surface area contributed by atoms with E-state index in [-0.39, 0.29) is 0 Å². The molecule has 2 fully saturated rings. The minimum Gasteiger partial charge on any atom is -0.316 e. The Bertz CT molecular complexity index is 181. The van der Waals surface area contributed by atoms with Crippen molar-refractivity contribution in [2.75, 3.05) is 33.2 Å². The molecule has 0 bridgehead atoms. The molecule has 2 nitrogen and oxygen atoms in total. The first kappa shape index (κ1) is 12.4. The van der Waals surface area contributed by atoms with Crippen molar-refractivity contribution >= 4 is 0 Å². The van der Waals surface area contributed by atoms with Gasteiger partial charge in [-0.1, -0.05) is 19.3 Å². The molecule has 1 unspecified atom stereocenters. The second-order valence-corrected chi connectivity index (χ2v) is 5.91. The normalized spacial score (nSPS) is 27.8. The molecule has 2 aliphatic rings. The third-order valence-corrected chi connectivity index (χ3v) is 4.38. The summed E-state index contributed by atoms with van der Waals surface area (Å²) in [5.41, 5.74) is 0. The van der Waals surface area contributed by atoms with Crippen LogP contribution in [0.5, 0.6) is 0 Å². The van der Waals surface area contributed by atoms with Gasteiger partial charge in [0.25, 0.3) is 0 Å². The molecule has 0 aromatic carbocycles. The molecule has 1 saturated heterocycles. The van der Waals surface area contributed by atoms with Crippen molar-refractivity contribution in [1.82, 2.24) is 10.2 Å². The molecular weight excluding hydrogens is 196 g/mol. The quantitative estimate of drug-likeness (QED) is 0.772. The first-order valence-corrected chi connectivity index (χ1v) is 7.24. The van der Waals surface area contributed by atoms with Crippen molar-refractivity contribution in [3.8, 4) is 0 Å². The molecule has 0 aromatic heterocycles. The highest BCUT2D eigenvalue weighted by Crippen LogP contribution is 2.24. The van der Waals surface area contributed by atoms with Crippen LogP contribution in [0.2, 0.25) is 0 Å². The molecule has 94 valence electrons. The van der Waals surface area contributed by atoms with Crippen LogP contribution in [-0.2, 0) is 0 Å². The lowest BCUT2D eigenvalue weighted by Crippen LogP contribution is -2.29. The lowest BCUT2D eigenvalue weighted by atomic mass is 9.89. The zero-order valence-corrected chi connectivity index (χ0v) is 10.9. The zero-order chi connectivity index (χ0) is 11.2. The Balaban J connectivity index is 1.57. The Morgan fingerprint density at radius 1 is 1.06 bits per heavy atom. The van der Waals surface area contributed by atoms with Gasteiger partial charge in [-0.15, -0.1) is 0 Å². The second-order valence-electron chi connectivity index (χ2n) is 5.91. The van der Waals surface area contributed by atoms with Gasteiger partial charge in [0.1, 0.15) is 0 Å². The Morgan fingerprint density at radius 3 is 2.56 bits per heavy atom. The van der Waals surface area contributed by atoms with Crippen molar-refractivity contribution < 1.29 is 0 Å². The minimum atomic E-state index is 0.953. The van der Waals surface area contributed by atoms with Gasteiger partial charge in [0, 0.05) is 6.54 Å². The topological polar surface area (TPSA) is 15.3 Å². The lowest BCUT2D eigenvalue weighted by Gasteiger charge is -2.27. The van der Waals surface area contributed by atoms with Crippen LogP contribution in [0.15, 0.2) is 0 Å². The molecule has 1 aliphatic heterocycles. The van der Waals surface area contributed by atoms with Crippen LogP contribution in [-0.4, -0.2) is 38.1 Å². The Hall–Kier alpha value is -0.0800. The molecule has 0 amide bonds. The third kappa shape index (κ3) is 4.06. The Kier molecular flexibility index (Phi) is 5.11. The maximum Gasteiger partial charge on any atom is 0.000661 e. The predicted octanol–water partition coefficient (Wildman–Crippen LogP) is 2.50. The first-order valence-electron chi connectivity index (χ1n) is 7.24. The van der Waals surface area contributed by atoms with Crippen molar-refractivity contribution in [2.24, 2.45) is 11.8 Å². The highest BCUT2D eigenvalue weighted by molar-refractivity contribution is 4.73. The highest BCUT2D eigenvalue weighted by atomic mass is 15.1. The van der Waals surface area contributed by atoms with Crippen LogP contribution in [0, 0.1) is 11.8 Å². The molecule has 1 aliphatic carbocycles. The van der Waals surface area contributed by atoms with E-state index in [1.165, 1.54) is 71.1 Å². The molecule has 0 radical (unpaired) electrons. The van der Waals surface area contributed by atoms with E-state index in [4.69, 9.17) is 0 Å². The van der Waals surface area contributed by atoms with E-state index in [0.717, 1.165) is 11.8 Å². The van der Waals surface area contributed by atoms with Crippen LogP contribution in [0.25, 0.3) is 0 Å². The molecule has 1 saturated carbocycles. The standard InChI is InChI=1S/C14H28N2/c1-16(10-8-13-7-9-15-11-13)12-14-5-3-2-4-6-14/h13-15H,2-12H2,1H3. The van der Waals surface area contributed by atoms with Gasteiger partial charge in [-0.3, -0.25) is 0 Å². The summed E-state index contributed by atoms with van der Waals surface area (Å²) in [5.74, 6) is 1.95. The number of rotatable bonds is 5. The lowest BCUT2D eigenvalue weighted by molar-refractivity contribution is 0.223. The predicted molar refractivity (Wildman–Crippen MR) is 69.7 cm³/mol. The number of nitrogens with zero attached hydrogens (tertiary/aromatic N) is 1. The van der Waals surface area contributed by atoms with Gasteiger partial charge in [-0.25, -0.2) is 0 Å². The highest BCUT2D eigenvalue weighted by Gasteiger charge is 2.17. The average Bonchev–Trinajstić information content (AvgIpc) is 2.81. The van der Waals surface area contributed by atoms with E-state index in [1.54, 1.807) is 0 Å². The van der Waals surface area contributed by atoms with E-state index < -0.39 is 0 Å². The fraction of sp³-hybridized carbons (Fsp3) is 1.00. The Morgan fingerprint density at radius 2 is 1.88 bits per heavy atom. The number of hydrogen-bond acceptors (Lipinski definition) is 2. The van der Waals surface area contributed by atoms with Crippen LogP contribution >= 0.6 is 0 Å². The van der Waals surface area contributed by atoms with Gasteiger partial charge in [0.05, 0.1) is 0 Å². The van der Waals surface area contributed by atoms with Crippen molar-refractivity contribution in [1.29, 1.82) is 0 Å². The summed E-state index contributed by atoms with van der Waals surface area (Å²) in [7, 11) is 2.32. The van der Waals surface area contributed by atoms with E-state index >= 15 is 0 Å². The van der Waals surface area contributed by atoms with E-state index in [0.29, 0.717) is 0 Å². The van der Waals surface area contributed by atoms with Gasteiger partial charge in [-0.05, 0) is 64.2 Å². The fourth-order valence-corrected chi connectivity index (χ4v) is 3.27. The molecule has 2 rings (SSSR count). The van der Waals surface area contributed by atoms with Crippen LogP contribution in [0.1, 0.15) is 44.9 Å². The zero-order valence-electron chi connectivity index (χ0n) is 10.9. The van der Waals surface area contributed by atoms with E-state index in [9.17, 15) is 0 Å². The number of hydrogen-bond donors (Lipinski definition) is 1. The molecule has 16 heavy (non-hydrogen) atoms. The van der Waals surface area contributed by atoms with Crippen molar-refractivity contribution in [3.63, 3.8) is 0 Å². The van der Waals surface area contributed by atoms with Gasteiger partial charge in [0.15, 0.2) is 0 Å². The first-order chi connectivity index (χ1) is 7.84. The summed E-state index contributed by atoms with van der Waals surface area (Å²) in [6.07, 6.45) is 10.2.